The molecule has 2 aromatic rings. The average molecular weight is 308 g/mol. The van der Waals surface area contributed by atoms with Crippen molar-refractivity contribution in [1.82, 2.24) is 9.47 Å². The van der Waals surface area contributed by atoms with Crippen molar-refractivity contribution in [3.8, 4) is 0 Å². The Kier molecular flexibility index (Phi) is 3.33. The van der Waals surface area contributed by atoms with Crippen molar-refractivity contribution in [3.63, 3.8) is 0 Å². The molecule has 3 heteroatoms. The molecule has 2 fully saturated rings. The van der Waals surface area contributed by atoms with Crippen molar-refractivity contribution >= 4 is 5.91 Å². The summed E-state index contributed by atoms with van der Waals surface area (Å²) in [4.78, 5) is 15.1. The first-order valence-corrected chi connectivity index (χ1v) is 8.57. The molecule has 0 radical (unpaired) electrons. The molecule has 0 N–H and O–H groups in total. The van der Waals surface area contributed by atoms with Crippen molar-refractivity contribution in [2.24, 2.45) is 5.41 Å². The zero-order valence-corrected chi connectivity index (χ0v) is 13.9. The Morgan fingerprint density at radius 1 is 1.09 bits per heavy atom. The highest BCUT2D eigenvalue weighted by atomic mass is 16.2. The third-order valence-electron chi connectivity index (χ3n) is 5.37. The highest BCUT2D eigenvalue weighted by Gasteiger charge is 2.42. The summed E-state index contributed by atoms with van der Waals surface area (Å²) in [6.07, 6.45) is 4.46. The van der Waals surface area contributed by atoms with E-state index >= 15 is 0 Å². The second-order valence-electron chi connectivity index (χ2n) is 7.67. The van der Waals surface area contributed by atoms with Crippen molar-refractivity contribution in [1.29, 1.82) is 0 Å². The van der Waals surface area contributed by atoms with Crippen LogP contribution < -0.4 is 0 Å². The Labute approximate surface area is 137 Å². The molecular weight excluding hydrogens is 284 g/mol. The molecule has 1 unspecified atom stereocenters. The Morgan fingerprint density at radius 2 is 1.83 bits per heavy atom. The second kappa shape index (κ2) is 5.26. The SMILES string of the molecule is CC1(C)CN(C(=O)c2cccn2C2CC2)CC1c1ccccc1. The third kappa shape index (κ3) is 2.58. The molecule has 2 aliphatic rings. The summed E-state index contributed by atoms with van der Waals surface area (Å²) in [5.74, 6) is 0.588. The fraction of sp³-hybridized carbons (Fsp3) is 0.450. The number of aromatic nitrogens is 1. The van der Waals surface area contributed by atoms with E-state index in [1.54, 1.807) is 0 Å². The number of benzene rings is 1. The van der Waals surface area contributed by atoms with Gasteiger partial charge in [0.05, 0.1) is 0 Å². The van der Waals surface area contributed by atoms with E-state index in [-0.39, 0.29) is 11.3 Å². The molecule has 23 heavy (non-hydrogen) atoms. The van der Waals surface area contributed by atoms with E-state index in [1.807, 2.05) is 17.0 Å². The molecule has 1 aromatic carbocycles. The van der Waals surface area contributed by atoms with Crippen LogP contribution in [0.4, 0.5) is 0 Å². The lowest BCUT2D eigenvalue weighted by Crippen LogP contribution is -2.31. The zero-order chi connectivity index (χ0) is 16.0. The lowest BCUT2D eigenvalue weighted by atomic mass is 9.78. The molecule has 4 rings (SSSR count). The molecule has 120 valence electrons. The van der Waals surface area contributed by atoms with E-state index in [0.717, 1.165) is 18.8 Å². The van der Waals surface area contributed by atoms with Gasteiger partial charge in [-0.2, -0.15) is 0 Å². The minimum atomic E-state index is 0.105. The molecular formula is C20H24N2O. The number of nitrogens with zero attached hydrogens (tertiary/aromatic N) is 2. The van der Waals surface area contributed by atoms with E-state index in [9.17, 15) is 4.79 Å². The maximum Gasteiger partial charge on any atom is 0.270 e. The summed E-state index contributed by atoms with van der Waals surface area (Å²) in [6, 6.07) is 15.1. The summed E-state index contributed by atoms with van der Waals surface area (Å²) < 4.78 is 2.17. The Balaban J connectivity index is 1.59. The van der Waals surface area contributed by atoms with Gasteiger partial charge in [0, 0.05) is 31.2 Å². The maximum absolute atomic E-state index is 13.0. The van der Waals surface area contributed by atoms with Gasteiger partial charge in [-0.25, -0.2) is 0 Å². The minimum Gasteiger partial charge on any atom is -0.340 e. The number of likely N-dealkylation sites (tertiary alicyclic amines) is 1. The van der Waals surface area contributed by atoms with Gasteiger partial charge in [0.25, 0.3) is 5.91 Å². The number of amides is 1. The molecule has 1 saturated carbocycles. The van der Waals surface area contributed by atoms with Crippen LogP contribution in [-0.4, -0.2) is 28.5 Å². The zero-order valence-electron chi connectivity index (χ0n) is 13.9. The van der Waals surface area contributed by atoms with Gasteiger partial charge in [-0.05, 0) is 36.0 Å². The normalized spacial score (nSPS) is 23.2. The summed E-state index contributed by atoms with van der Waals surface area (Å²) in [6.45, 7) is 6.18. The standard InChI is InChI=1S/C20H24N2O/c1-20(2)14-21(13-17(20)15-7-4-3-5-8-15)19(23)18-9-6-12-22(18)16-10-11-16/h3-9,12,16-17H,10-11,13-14H2,1-2H3. The summed E-state index contributed by atoms with van der Waals surface area (Å²) in [5.41, 5.74) is 2.30. The van der Waals surface area contributed by atoms with Crippen molar-refractivity contribution in [3.05, 3.63) is 59.9 Å². The van der Waals surface area contributed by atoms with Crippen LogP contribution in [0.5, 0.6) is 0 Å². The second-order valence-corrected chi connectivity index (χ2v) is 7.67. The maximum atomic E-state index is 13.0. The number of carbonyl (C=O) groups is 1. The molecule has 0 bridgehead atoms. The van der Waals surface area contributed by atoms with E-state index in [2.05, 4.69) is 54.9 Å². The first-order chi connectivity index (χ1) is 11.1. The Hall–Kier alpha value is -2.03. The van der Waals surface area contributed by atoms with Gasteiger partial charge in [-0.1, -0.05) is 44.2 Å². The van der Waals surface area contributed by atoms with Crippen molar-refractivity contribution in [2.45, 2.75) is 38.6 Å². The monoisotopic (exact) mass is 308 g/mol. The number of hydrogen-bond donors (Lipinski definition) is 0. The molecule has 1 aromatic heterocycles. The van der Waals surface area contributed by atoms with Crippen LogP contribution in [0.2, 0.25) is 0 Å². The summed E-state index contributed by atoms with van der Waals surface area (Å²) in [7, 11) is 0. The molecule has 1 amide bonds. The summed E-state index contributed by atoms with van der Waals surface area (Å²) in [5, 5.41) is 0. The highest BCUT2D eigenvalue weighted by Crippen LogP contribution is 2.43. The molecule has 2 heterocycles. The van der Waals surface area contributed by atoms with E-state index < -0.39 is 0 Å². The topological polar surface area (TPSA) is 25.2 Å². The number of rotatable bonds is 3. The van der Waals surface area contributed by atoms with Gasteiger partial charge in [0.15, 0.2) is 0 Å². The number of carbonyl (C=O) groups excluding carboxylic acids is 1. The molecule has 1 atom stereocenters. The van der Waals surface area contributed by atoms with Crippen LogP contribution in [0.1, 0.15) is 54.7 Å². The highest BCUT2D eigenvalue weighted by molar-refractivity contribution is 5.93. The summed E-state index contributed by atoms with van der Waals surface area (Å²) >= 11 is 0. The largest absolute Gasteiger partial charge is 0.340 e. The van der Waals surface area contributed by atoms with E-state index in [1.165, 1.54) is 18.4 Å². The van der Waals surface area contributed by atoms with Gasteiger partial charge in [0.1, 0.15) is 5.69 Å². The number of hydrogen-bond acceptors (Lipinski definition) is 1. The average Bonchev–Trinajstić information content (AvgIpc) is 3.18. The van der Waals surface area contributed by atoms with Crippen LogP contribution in [0.15, 0.2) is 48.7 Å². The predicted octanol–water partition coefficient (Wildman–Crippen LogP) is 4.09. The van der Waals surface area contributed by atoms with Crippen LogP contribution in [0.25, 0.3) is 0 Å². The molecule has 1 saturated heterocycles. The fourth-order valence-corrected chi connectivity index (χ4v) is 3.94. The van der Waals surface area contributed by atoms with Crippen LogP contribution in [-0.2, 0) is 0 Å². The van der Waals surface area contributed by atoms with Crippen LogP contribution in [0.3, 0.4) is 0 Å². The smallest absolute Gasteiger partial charge is 0.270 e. The molecule has 1 aliphatic carbocycles. The van der Waals surface area contributed by atoms with E-state index in [0.29, 0.717) is 12.0 Å². The van der Waals surface area contributed by atoms with Gasteiger partial charge in [-0.3, -0.25) is 4.79 Å². The first kappa shape index (κ1) is 14.6. The lowest BCUT2D eigenvalue weighted by Gasteiger charge is -2.25. The fourth-order valence-electron chi connectivity index (χ4n) is 3.94. The van der Waals surface area contributed by atoms with Crippen molar-refractivity contribution < 1.29 is 4.79 Å². The Morgan fingerprint density at radius 3 is 2.52 bits per heavy atom. The van der Waals surface area contributed by atoms with E-state index in [4.69, 9.17) is 0 Å². The molecule has 0 spiro atoms. The predicted molar refractivity (Wildman–Crippen MR) is 91.6 cm³/mol. The molecule has 3 nitrogen and oxygen atoms in total. The Bertz CT molecular complexity index is 712. The van der Waals surface area contributed by atoms with Crippen molar-refractivity contribution in [2.75, 3.05) is 13.1 Å². The minimum absolute atomic E-state index is 0.105. The van der Waals surface area contributed by atoms with Crippen LogP contribution in [0, 0.1) is 5.41 Å². The van der Waals surface area contributed by atoms with Gasteiger partial charge < -0.3 is 9.47 Å². The van der Waals surface area contributed by atoms with Gasteiger partial charge in [0.2, 0.25) is 0 Å². The third-order valence-corrected chi connectivity index (χ3v) is 5.37. The lowest BCUT2D eigenvalue weighted by molar-refractivity contribution is 0.0767. The van der Waals surface area contributed by atoms with Gasteiger partial charge >= 0.3 is 0 Å². The van der Waals surface area contributed by atoms with Crippen LogP contribution >= 0.6 is 0 Å². The van der Waals surface area contributed by atoms with Gasteiger partial charge in [-0.15, -0.1) is 0 Å². The molecule has 1 aliphatic heterocycles. The quantitative estimate of drug-likeness (QED) is 0.838. The first-order valence-electron chi connectivity index (χ1n) is 8.57.